The van der Waals surface area contributed by atoms with Crippen molar-refractivity contribution in [2.45, 2.75) is 19.5 Å². The molecule has 4 aromatic rings. The van der Waals surface area contributed by atoms with Gasteiger partial charge < -0.3 is 4.90 Å². The van der Waals surface area contributed by atoms with E-state index in [1.807, 2.05) is 60.8 Å². The van der Waals surface area contributed by atoms with E-state index >= 15 is 0 Å². The van der Waals surface area contributed by atoms with Gasteiger partial charge in [-0.3, -0.25) is 9.88 Å². The molecule has 1 atom stereocenters. The molecule has 32 heavy (non-hydrogen) atoms. The van der Waals surface area contributed by atoms with Gasteiger partial charge in [0.15, 0.2) is 5.82 Å². The van der Waals surface area contributed by atoms with Crippen LogP contribution in [0, 0.1) is 11.3 Å². The first-order chi connectivity index (χ1) is 15.7. The van der Waals surface area contributed by atoms with Crippen molar-refractivity contribution in [3.63, 3.8) is 0 Å². The third-order valence-corrected chi connectivity index (χ3v) is 5.98. The Bertz CT molecular complexity index is 1260. The molecule has 0 saturated carbocycles. The van der Waals surface area contributed by atoms with E-state index in [1.165, 1.54) is 5.56 Å². The summed E-state index contributed by atoms with van der Waals surface area (Å²) in [6.45, 7) is 5.93. The fraction of sp³-hybridized carbons (Fsp3) is 0.231. The van der Waals surface area contributed by atoms with Gasteiger partial charge in [0.05, 0.1) is 17.1 Å². The number of nitrogens with zero attached hydrogens (tertiary/aromatic N) is 6. The molecule has 5 rings (SSSR count). The van der Waals surface area contributed by atoms with E-state index in [1.54, 1.807) is 6.20 Å². The average molecular weight is 421 g/mol. The highest BCUT2D eigenvalue weighted by Crippen LogP contribution is 2.30. The van der Waals surface area contributed by atoms with E-state index in [0.29, 0.717) is 17.4 Å². The summed E-state index contributed by atoms with van der Waals surface area (Å²) in [6.07, 6.45) is 3.58. The number of rotatable bonds is 4. The molecule has 1 unspecified atom stereocenters. The van der Waals surface area contributed by atoms with Crippen LogP contribution in [-0.4, -0.2) is 45.5 Å². The molecule has 3 heterocycles. The number of para-hydroxylation sites is 1. The molecule has 6 heteroatoms. The van der Waals surface area contributed by atoms with E-state index in [0.717, 1.165) is 48.5 Å². The van der Waals surface area contributed by atoms with E-state index in [-0.39, 0.29) is 0 Å². The zero-order valence-electron chi connectivity index (χ0n) is 18.0. The van der Waals surface area contributed by atoms with Crippen LogP contribution in [0.2, 0.25) is 0 Å². The van der Waals surface area contributed by atoms with E-state index in [9.17, 15) is 0 Å². The lowest BCUT2D eigenvalue weighted by atomic mass is 10.1. The lowest BCUT2D eigenvalue weighted by Gasteiger charge is -2.41. The minimum atomic E-state index is 0.308. The molecule has 0 N–H and O–H groups in total. The molecule has 2 aromatic carbocycles. The Hall–Kier alpha value is -3.82. The third kappa shape index (κ3) is 4.03. The van der Waals surface area contributed by atoms with Crippen molar-refractivity contribution >= 4 is 16.7 Å². The Kier molecular flexibility index (Phi) is 5.49. The van der Waals surface area contributed by atoms with Crippen molar-refractivity contribution in [3.8, 4) is 17.5 Å². The maximum absolute atomic E-state index is 9.01. The van der Waals surface area contributed by atoms with Crippen LogP contribution < -0.4 is 4.90 Å². The van der Waals surface area contributed by atoms with Crippen molar-refractivity contribution in [1.82, 2.24) is 19.9 Å². The number of hydrogen-bond donors (Lipinski definition) is 0. The van der Waals surface area contributed by atoms with Crippen molar-refractivity contribution in [3.05, 3.63) is 84.2 Å². The molecule has 0 radical (unpaired) electrons. The van der Waals surface area contributed by atoms with Crippen LogP contribution in [0.15, 0.2) is 73.1 Å². The number of benzene rings is 2. The summed E-state index contributed by atoms with van der Waals surface area (Å²) in [5.74, 6) is 1.69. The van der Waals surface area contributed by atoms with Gasteiger partial charge in [0.1, 0.15) is 5.82 Å². The molecule has 1 saturated heterocycles. The van der Waals surface area contributed by atoms with Gasteiger partial charge in [0, 0.05) is 55.6 Å². The normalized spacial score (nSPS) is 16.8. The molecule has 0 amide bonds. The number of pyridine rings is 1. The van der Waals surface area contributed by atoms with Crippen LogP contribution in [0.25, 0.3) is 22.3 Å². The zero-order chi connectivity index (χ0) is 21.9. The van der Waals surface area contributed by atoms with Gasteiger partial charge in [-0.05, 0) is 48.9 Å². The van der Waals surface area contributed by atoms with Crippen LogP contribution in [-0.2, 0) is 6.54 Å². The highest BCUT2D eigenvalue weighted by atomic mass is 15.3. The molecule has 0 bridgehead atoms. The monoisotopic (exact) mass is 420 g/mol. The smallest absolute Gasteiger partial charge is 0.163 e. The first-order valence-electron chi connectivity index (χ1n) is 10.9. The zero-order valence-corrected chi connectivity index (χ0v) is 18.0. The highest BCUT2D eigenvalue weighted by Gasteiger charge is 2.27. The van der Waals surface area contributed by atoms with E-state index < -0.39 is 0 Å². The first-order valence-corrected chi connectivity index (χ1v) is 10.9. The molecule has 1 aliphatic heterocycles. The lowest BCUT2D eigenvalue weighted by molar-refractivity contribution is 0.220. The second-order valence-corrected chi connectivity index (χ2v) is 8.22. The quantitative estimate of drug-likeness (QED) is 0.491. The Labute approximate surface area is 187 Å². The Morgan fingerprint density at radius 1 is 1.00 bits per heavy atom. The molecular weight excluding hydrogens is 396 g/mol. The minimum absolute atomic E-state index is 0.308. The van der Waals surface area contributed by atoms with Crippen LogP contribution in [0.5, 0.6) is 0 Å². The molecule has 2 aromatic heterocycles. The maximum atomic E-state index is 9.01. The van der Waals surface area contributed by atoms with Gasteiger partial charge in [-0.25, -0.2) is 9.97 Å². The first kappa shape index (κ1) is 20.1. The second kappa shape index (κ2) is 8.74. The summed E-state index contributed by atoms with van der Waals surface area (Å²) in [7, 11) is 0. The van der Waals surface area contributed by atoms with E-state index in [4.69, 9.17) is 15.2 Å². The Morgan fingerprint density at radius 3 is 2.59 bits per heavy atom. The number of anilines is 1. The van der Waals surface area contributed by atoms with Crippen molar-refractivity contribution < 1.29 is 0 Å². The van der Waals surface area contributed by atoms with Gasteiger partial charge in [-0.1, -0.05) is 24.3 Å². The van der Waals surface area contributed by atoms with Crippen molar-refractivity contribution in [1.29, 1.82) is 5.26 Å². The Balaban J connectivity index is 1.41. The van der Waals surface area contributed by atoms with Gasteiger partial charge in [0.2, 0.25) is 0 Å². The molecular formula is C26H24N6. The third-order valence-electron chi connectivity index (χ3n) is 5.98. The highest BCUT2D eigenvalue weighted by molar-refractivity contribution is 5.91. The predicted molar refractivity (Wildman–Crippen MR) is 126 cm³/mol. The largest absolute Gasteiger partial charge is 0.351 e. The number of fused-ring (bicyclic) bond motifs is 1. The van der Waals surface area contributed by atoms with Crippen molar-refractivity contribution in [2.75, 3.05) is 24.5 Å². The molecule has 1 fully saturated rings. The number of piperazine rings is 1. The lowest BCUT2D eigenvalue weighted by Crippen LogP contribution is -2.52. The molecule has 1 aliphatic rings. The van der Waals surface area contributed by atoms with Crippen LogP contribution in [0.1, 0.15) is 18.1 Å². The van der Waals surface area contributed by atoms with Crippen molar-refractivity contribution in [2.24, 2.45) is 0 Å². The van der Waals surface area contributed by atoms with Gasteiger partial charge >= 0.3 is 0 Å². The fourth-order valence-corrected chi connectivity index (χ4v) is 4.34. The number of aromatic nitrogens is 3. The topological polar surface area (TPSA) is 68.9 Å². The number of hydrogen-bond acceptors (Lipinski definition) is 6. The standard InChI is InChI=1S/C26H24N6/c1-19-17-31(18-21-10-8-20(15-27)9-11-21)13-14-32(19)26-23-6-2-3-7-24(23)29-25(30-26)22-5-4-12-28-16-22/h2-12,16,19H,13-14,17-18H2,1H3. The average Bonchev–Trinajstić information content (AvgIpc) is 2.85. The summed E-state index contributed by atoms with van der Waals surface area (Å²) < 4.78 is 0. The maximum Gasteiger partial charge on any atom is 0.163 e. The van der Waals surface area contributed by atoms with E-state index in [2.05, 4.69) is 33.8 Å². The molecule has 158 valence electrons. The predicted octanol–water partition coefficient (Wildman–Crippen LogP) is 4.27. The summed E-state index contributed by atoms with van der Waals surface area (Å²) in [6, 6.07) is 22.5. The summed E-state index contributed by atoms with van der Waals surface area (Å²) >= 11 is 0. The van der Waals surface area contributed by atoms with Gasteiger partial charge in [-0.2, -0.15) is 5.26 Å². The number of nitriles is 1. The van der Waals surface area contributed by atoms with Crippen LogP contribution >= 0.6 is 0 Å². The van der Waals surface area contributed by atoms with Gasteiger partial charge in [0.25, 0.3) is 0 Å². The molecule has 0 spiro atoms. The minimum Gasteiger partial charge on any atom is -0.351 e. The second-order valence-electron chi connectivity index (χ2n) is 8.22. The molecule has 6 nitrogen and oxygen atoms in total. The molecule has 0 aliphatic carbocycles. The fourth-order valence-electron chi connectivity index (χ4n) is 4.34. The summed E-state index contributed by atoms with van der Waals surface area (Å²) in [5.41, 5.74) is 3.80. The SMILES string of the molecule is CC1CN(Cc2ccc(C#N)cc2)CCN1c1nc(-c2cccnc2)nc2ccccc12. The van der Waals surface area contributed by atoms with Crippen LogP contribution in [0.4, 0.5) is 5.82 Å². The van der Waals surface area contributed by atoms with Crippen LogP contribution in [0.3, 0.4) is 0 Å². The van der Waals surface area contributed by atoms with Gasteiger partial charge in [-0.15, -0.1) is 0 Å². The summed E-state index contributed by atoms with van der Waals surface area (Å²) in [4.78, 5) is 18.9. The summed E-state index contributed by atoms with van der Waals surface area (Å²) in [5, 5.41) is 10.1. The Morgan fingerprint density at radius 2 is 1.84 bits per heavy atom.